The van der Waals surface area contributed by atoms with Crippen molar-refractivity contribution in [1.29, 1.82) is 0 Å². The Morgan fingerprint density at radius 1 is 0.441 bits per heavy atom. The van der Waals surface area contributed by atoms with E-state index in [9.17, 15) is 0 Å². The molecule has 12 rings (SSSR count). The number of rotatable bonds is 6. The number of furan rings is 1. The smallest absolute Gasteiger partial charge is 0.161 e. The van der Waals surface area contributed by atoms with E-state index in [4.69, 9.17) is 14.4 Å². The lowest BCUT2D eigenvalue weighted by atomic mass is 9.97. The third-order valence-corrected chi connectivity index (χ3v) is 12.6. The molecular weight excluding hydrogens is 739 g/mol. The molecular formula is C54H33N3OS. The summed E-state index contributed by atoms with van der Waals surface area (Å²) >= 11 is 1.75. The van der Waals surface area contributed by atoms with E-state index in [1.807, 2.05) is 18.2 Å². The van der Waals surface area contributed by atoms with Crippen molar-refractivity contribution in [2.75, 3.05) is 4.90 Å². The minimum absolute atomic E-state index is 0.674. The summed E-state index contributed by atoms with van der Waals surface area (Å²) in [4.78, 5) is 13.2. The van der Waals surface area contributed by atoms with Crippen molar-refractivity contribution in [1.82, 2.24) is 9.97 Å². The van der Waals surface area contributed by atoms with E-state index in [0.29, 0.717) is 5.82 Å². The molecule has 4 nitrogen and oxygen atoms in total. The summed E-state index contributed by atoms with van der Waals surface area (Å²) in [5.41, 5.74) is 10.9. The third kappa shape index (κ3) is 5.51. The molecule has 3 heterocycles. The summed E-state index contributed by atoms with van der Waals surface area (Å²) in [5, 5.41) is 8.07. The van der Waals surface area contributed by atoms with Gasteiger partial charge in [0.15, 0.2) is 5.82 Å². The van der Waals surface area contributed by atoms with Crippen molar-refractivity contribution in [2.45, 2.75) is 0 Å². The highest BCUT2D eigenvalue weighted by Crippen LogP contribution is 2.45. The minimum Gasteiger partial charge on any atom is -0.456 e. The SMILES string of the molecule is c1ccc(-c2nc(-c3cc(-c4ccc(N(c5ccccc5)c5cc6ccccc6c6ccccc56)cc4)cc4oc5ccccc5c34)nc3c2sc2ccccc23)cc1. The zero-order chi connectivity index (χ0) is 38.9. The van der Waals surface area contributed by atoms with Gasteiger partial charge in [-0.1, -0.05) is 146 Å². The average Bonchev–Trinajstić information content (AvgIpc) is 3.88. The molecule has 0 radical (unpaired) electrons. The molecule has 59 heavy (non-hydrogen) atoms. The van der Waals surface area contributed by atoms with Crippen LogP contribution in [0.2, 0.25) is 0 Å². The van der Waals surface area contributed by atoms with Crippen LogP contribution in [0.1, 0.15) is 0 Å². The normalized spacial score (nSPS) is 11.7. The maximum Gasteiger partial charge on any atom is 0.161 e. The van der Waals surface area contributed by atoms with E-state index < -0.39 is 0 Å². The van der Waals surface area contributed by atoms with Gasteiger partial charge in [0.25, 0.3) is 0 Å². The van der Waals surface area contributed by atoms with Crippen LogP contribution in [0, 0.1) is 0 Å². The number of para-hydroxylation sites is 2. The predicted octanol–water partition coefficient (Wildman–Crippen LogP) is 15.5. The summed E-state index contributed by atoms with van der Waals surface area (Å²) in [6.07, 6.45) is 0. The number of thiophene rings is 1. The summed E-state index contributed by atoms with van der Waals surface area (Å²) in [6.45, 7) is 0. The van der Waals surface area contributed by atoms with Crippen LogP contribution in [0.3, 0.4) is 0 Å². The molecule has 12 aromatic rings. The molecule has 0 spiro atoms. The van der Waals surface area contributed by atoms with Crippen LogP contribution in [-0.4, -0.2) is 9.97 Å². The van der Waals surface area contributed by atoms with E-state index in [1.165, 1.54) is 26.2 Å². The van der Waals surface area contributed by atoms with Crippen LogP contribution in [0.15, 0.2) is 205 Å². The second-order valence-electron chi connectivity index (χ2n) is 14.9. The molecule has 0 aliphatic heterocycles. The molecule has 0 aliphatic rings. The lowest BCUT2D eigenvalue weighted by molar-refractivity contribution is 0.669. The number of anilines is 3. The largest absolute Gasteiger partial charge is 0.456 e. The molecule has 5 heteroatoms. The van der Waals surface area contributed by atoms with Gasteiger partial charge in [0.2, 0.25) is 0 Å². The molecule has 0 N–H and O–H groups in total. The van der Waals surface area contributed by atoms with E-state index in [0.717, 1.165) is 82.6 Å². The minimum atomic E-state index is 0.674. The van der Waals surface area contributed by atoms with Gasteiger partial charge in [0.1, 0.15) is 11.2 Å². The van der Waals surface area contributed by atoms with Crippen LogP contribution in [0.5, 0.6) is 0 Å². The first-order valence-electron chi connectivity index (χ1n) is 19.8. The van der Waals surface area contributed by atoms with Crippen LogP contribution >= 0.6 is 11.3 Å². The number of aromatic nitrogens is 2. The van der Waals surface area contributed by atoms with E-state index in [-0.39, 0.29) is 0 Å². The van der Waals surface area contributed by atoms with Gasteiger partial charge >= 0.3 is 0 Å². The number of hydrogen-bond acceptors (Lipinski definition) is 5. The Bertz CT molecular complexity index is 3560. The molecule has 0 saturated heterocycles. The van der Waals surface area contributed by atoms with Crippen molar-refractivity contribution in [2.24, 2.45) is 0 Å². The first-order chi connectivity index (χ1) is 29.2. The maximum absolute atomic E-state index is 6.63. The van der Waals surface area contributed by atoms with Gasteiger partial charge in [-0.25, -0.2) is 9.97 Å². The number of nitrogens with zero attached hydrogens (tertiary/aromatic N) is 3. The Morgan fingerprint density at radius 3 is 1.90 bits per heavy atom. The number of hydrogen-bond donors (Lipinski definition) is 0. The highest BCUT2D eigenvalue weighted by molar-refractivity contribution is 7.26. The third-order valence-electron chi connectivity index (χ3n) is 11.4. The van der Waals surface area contributed by atoms with Gasteiger partial charge in [-0.05, 0) is 81.9 Å². The first-order valence-corrected chi connectivity index (χ1v) is 20.6. The van der Waals surface area contributed by atoms with Crippen LogP contribution in [-0.2, 0) is 0 Å². The van der Waals surface area contributed by atoms with E-state index in [2.05, 4.69) is 187 Å². The predicted molar refractivity (Wildman–Crippen MR) is 248 cm³/mol. The highest BCUT2D eigenvalue weighted by Gasteiger charge is 2.22. The van der Waals surface area contributed by atoms with Crippen LogP contribution in [0.4, 0.5) is 17.1 Å². The van der Waals surface area contributed by atoms with Crippen molar-refractivity contribution in [3.8, 4) is 33.8 Å². The van der Waals surface area contributed by atoms with Crippen LogP contribution in [0.25, 0.3) is 97.6 Å². The molecule has 9 aromatic carbocycles. The van der Waals surface area contributed by atoms with Crippen molar-refractivity contribution in [3.63, 3.8) is 0 Å². The lowest BCUT2D eigenvalue weighted by Gasteiger charge is -2.27. The number of fused-ring (bicyclic) bond motifs is 9. The fourth-order valence-corrected chi connectivity index (χ4v) is 9.88. The Balaban J connectivity index is 1.06. The zero-order valence-electron chi connectivity index (χ0n) is 31.7. The van der Waals surface area contributed by atoms with Crippen molar-refractivity contribution >= 4 is 92.2 Å². The monoisotopic (exact) mass is 771 g/mol. The highest BCUT2D eigenvalue weighted by atomic mass is 32.1. The van der Waals surface area contributed by atoms with E-state index in [1.54, 1.807) is 11.3 Å². The standard InChI is InChI=1S/C54H33N3OS/c1-3-15-35(16-4-1)51-53-52(44-24-12-14-26-49(44)59-53)56-54(55-51)45-31-37(33-48-50(45)43-23-11-13-25-47(43)58-48)34-27-29-39(30-28-34)57(38-18-5-2-6-19-38)46-32-36-17-7-8-20-40(36)41-21-9-10-22-42(41)46/h1-33H. The molecule has 0 aliphatic carbocycles. The van der Waals surface area contributed by atoms with Crippen LogP contribution < -0.4 is 4.90 Å². The van der Waals surface area contributed by atoms with Gasteiger partial charge in [-0.3, -0.25) is 0 Å². The summed E-state index contributed by atoms with van der Waals surface area (Å²) in [6, 6.07) is 70.8. The Labute approximate surface area is 343 Å². The van der Waals surface area contributed by atoms with Crippen molar-refractivity contribution in [3.05, 3.63) is 200 Å². The fourth-order valence-electron chi connectivity index (χ4n) is 8.73. The molecule has 0 saturated carbocycles. The Kier molecular flexibility index (Phi) is 7.68. The summed E-state index contributed by atoms with van der Waals surface area (Å²) < 4.78 is 8.91. The number of benzene rings is 9. The molecule has 0 bridgehead atoms. The quantitative estimate of drug-likeness (QED) is 0.158. The Hall–Kier alpha value is -7.60. The second-order valence-corrected chi connectivity index (χ2v) is 16.0. The first kappa shape index (κ1) is 33.5. The Morgan fingerprint density at radius 2 is 1.08 bits per heavy atom. The summed E-state index contributed by atoms with van der Waals surface area (Å²) in [5.74, 6) is 0.674. The van der Waals surface area contributed by atoms with E-state index >= 15 is 0 Å². The van der Waals surface area contributed by atoms with Gasteiger partial charge in [0.05, 0.1) is 21.6 Å². The topological polar surface area (TPSA) is 42.2 Å². The maximum atomic E-state index is 6.63. The lowest BCUT2D eigenvalue weighted by Crippen LogP contribution is -2.10. The van der Waals surface area contributed by atoms with Gasteiger partial charge in [-0.2, -0.15) is 0 Å². The second kappa shape index (κ2) is 13.5. The molecule has 0 unspecified atom stereocenters. The summed E-state index contributed by atoms with van der Waals surface area (Å²) in [7, 11) is 0. The average molecular weight is 772 g/mol. The van der Waals surface area contributed by atoms with Gasteiger partial charge in [0, 0.05) is 48.7 Å². The molecule has 3 aromatic heterocycles. The zero-order valence-corrected chi connectivity index (χ0v) is 32.5. The van der Waals surface area contributed by atoms with Gasteiger partial charge < -0.3 is 9.32 Å². The van der Waals surface area contributed by atoms with Crippen molar-refractivity contribution < 1.29 is 4.42 Å². The fraction of sp³-hybridized carbons (Fsp3) is 0. The van der Waals surface area contributed by atoms with Gasteiger partial charge in [-0.15, -0.1) is 11.3 Å². The molecule has 0 fully saturated rings. The molecule has 276 valence electrons. The molecule has 0 amide bonds. The molecule has 0 atom stereocenters.